The number of aromatic nitrogens is 1. The maximum atomic E-state index is 4.52. The van der Waals surface area contributed by atoms with Crippen molar-refractivity contribution in [3.05, 3.63) is 16.1 Å². The zero-order valence-electron chi connectivity index (χ0n) is 11.7. The lowest BCUT2D eigenvalue weighted by Crippen LogP contribution is -2.28. The van der Waals surface area contributed by atoms with Gasteiger partial charge in [0.05, 0.1) is 10.7 Å². The van der Waals surface area contributed by atoms with Crippen LogP contribution in [0.1, 0.15) is 62.6 Å². The summed E-state index contributed by atoms with van der Waals surface area (Å²) >= 11 is 1.75. The van der Waals surface area contributed by atoms with Crippen molar-refractivity contribution >= 4 is 11.3 Å². The molecule has 18 heavy (non-hydrogen) atoms. The van der Waals surface area contributed by atoms with Crippen LogP contribution in [0.15, 0.2) is 5.38 Å². The van der Waals surface area contributed by atoms with Crippen LogP contribution in [0.4, 0.5) is 0 Å². The number of aryl methyl sites for hydroxylation is 1. The van der Waals surface area contributed by atoms with E-state index in [-0.39, 0.29) is 0 Å². The van der Waals surface area contributed by atoms with Gasteiger partial charge in [-0.1, -0.05) is 32.6 Å². The summed E-state index contributed by atoms with van der Waals surface area (Å²) in [5.41, 5.74) is 1.21. The van der Waals surface area contributed by atoms with Crippen molar-refractivity contribution in [2.75, 3.05) is 0 Å². The third kappa shape index (κ3) is 4.36. The molecule has 2 atom stereocenters. The summed E-state index contributed by atoms with van der Waals surface area (Å²) in [6.45, 7) is 5.34. The smallest absolute Gasteiger partial charge is 0.0897 e. The normalized spacial score (nSPS) is 25.0. The Morgan fingerprint density at radius 3 is 2.94 bits per heavy atom. The van der Waals surface area contributed by atoms with E-state index in [0.717, 1.165) is 12.5 Å². The molecule has 102 valence electrons. The van der Waals surface area contributed by atoms with Crippen LogP contribution in [-0.4, -0.2) is 11.0 Å². The topological polar surface area (TPSA) is 24.9 Å². The van der Waals surface area contributed by atoms with Crippen molar-refractivity contribution in [3.8, 4) is 0 Å². The Bertz CT molecular complexity index is 348. The lowest BCUT2D eigenvalue weighted by molar-refractivity contribution is 0.409. The quantitative estimate of drug-likeness (QED) is 0.804. The molecule has 3 heteroatoms. The van der Waals surface area contributed by atoms with E-state index in [1.165, 1.54) is 55.6 Å². The minimum absolute atomic E-state index is 0.717. The molecule has 0 amide bonds. The standard InChI is InChI=1S/C15H26N2S/c1-3-5-13-6-4-7-14(9-8-13)16-10-15-11-18-12(2)17-15/h11,13-14,16H,3-10H2,1-2H3. The van der Waals surface area contributed by atoms with Gasteiger partial charge in [-0.3, -0.25) is 0 Å². The molecule has 1 fully saturated rings. The first kappa shape index (κ1) is 14.0. The number of hydrogen-bond acceptors (Lipinski definition) is 3. The Kier molecular flexibility index (Phi) is 5.64. The highest BCUT2D eigenvalue weighted by Gasteiger charge is 2.18. The Hall–Kier alpha value is -0.410. The third-order valence-corrected chi connectivity index (χ3v) is 4.85. The monoisotopic (exact) mass is 266 g/mol. The van der Waals surface area contributed by atoms with Crippen LogP contribution < -0.4 is 5.32 Å². The van der Waals surface area contributed by atoms with Crippen LogP contribution in [-0.2, 0) is 6.54 Å². The fraction of sp³-hybridized carbons (Fsp3) is 0.800. The lowest BCUT2D eigenvalue weighted by atomic mass is 9.95. The summed E-state index contributed by atoms with van der Waals surface area (Å²) in [7, 11) is 0. The van der Waals surface area contributed by atoms with Crippen LogP contribution in [0.3, 0.4) is 0 Å². The van der Waals surface area contributed by atoms with Gasteiger partial charge in [0.25, 0.3) is 0 Å². The second-order valence-electron chi connectivity index (χ2n) is 5.60. The number of nitrogens with one attached hydrogen (secondary N) is 1. The fourth-order valence-corrected chi connectivity index (χ4v) is 3.63. The van der Waals surface area contributed by atoms with Crippen LogP contribution in [0.2, 0.25) is 0 Å². The van der Waals surface area contributed by atoms with Gasteiger partial charge in [0, 0.05) is 18.0 Å². The van der Waals surface area contributed by atoms with Gasteiger partial charge in [-0.2, -0.15) is 0 Å². The molecule has 0 saturated heterocycles. The van der Waals surface area contributed by atoms with E-state index >= 15 is 0 Å². The Balaban J connectivity index is 1.73. The second kappa shape index (κ2) is 7.25. The molecule has 0 spiro atoms. The first-order valence-electron chi connectivity index (χ1n) is 7.42. The zero-order valence-corrected chi connectivity index (χ0v) is 12.6. The van der Waals surface area contributed by atoms with Crippen LogP contribution in [0.25, 0.3) is 0 Å². The molecule has 2 rings (SSSR count). The van der Waals surface area contributed by atoms with E-state index in [4.69, 9.17) is 0 Å². The lowest BCUT2D eigenvalue weighted by Gasteiger charge is -2.16. The Labute approximate surface area is 115 Å². The van der Waals surface area contributed by atoms with Crippen molar-refractivity contribution < 1.29 is 0 Å². The molecule has 1 saturated carbocycles. The molecule has 0 radical (unpaired) electrons. The first-order chi connectivity index (χ1) is 8.78. The number of nitrogens with zero attached hydrogens (tertiary/aromatic N) is 1. The first-order valence-corrected chi connectivity index (χ1v) is 8.30. The molecule has 0 bridgehead atoms. The molecule has 1 aliphatic rings. The van der Waals surface area contributed by atoms with Crippen LogP contribution >= 0.6 is 11.3 Å². The van der Waals surface area contributed by atoms with Crippen molar-refractivity contribution in [2.45, 2.75) is 71.4 Å². The maximum Gasteiger partial charge on any atom is 0.0897 e. The van der Waals surface area contributed by atoms with E-state index in [1.54, 1.807) is 11.3 Å². The average molecular weight is 266 g/mol. The number of rotatable bonds is 5. The summed E-state index contributed by atoms with van der Waals surface area (Å²) in [5, 5.41) is 7.05. The Morgan fingerprint density at radius 1 is 1.33 bits per heavy atom. The fourth-order valence-electron chi connectivity index (χ4n) is 3.02. The summed E-state index contributed by atoms with van der Waals surface area (Å²) in [6, 6.07) is 0.717. The molecule has 1 N–H and O–H groups in total. The molecule has 1 aliphatic carbocycles. The molecule has 1 aromatic rings. The molecule has 0 aromatic carbocycles. The zero-order chi connectivity index (χ0) is 12.8. The van der Waals surface area contributed by atoms with E-state index < -0.39 is 0 Å². The highest BCUT2D eigenvalue weighted by Crippen LogP contribution is 2.26. The number of hydrogen-bond donors (Lipinski definition) is 1. The predicted octanol–water partition coefficient (Wildman–Crippen LogP) is 4.29. The van der Waals surface area contributed by atoms with Gasteiger partial charge in [-0.25, -0.2) is 4.98 Å². The summed E-state index contributed by atoms with van der Waals surface area (Å²) < 4.78 is 0. The maximum absolute atomic E-state index is 4.52. The van der Waals surface area contributed by atoms with Gasteiger partial charge in [-0.05, 0) is 32.1 Å². The van der Waals surface area contributed by atoms with Gasteiger partial charge >= 0.3 is 0 Å². The van der Waals surface area contributed by atoms with Crippen molar-refractivity contribution in [3.63, 3.8) is 0 Å². The van der Waals surface area contributed by atoms with Crippen LogP contribution in [0.5, 0.6) is 0 Å². The van der Waals surface area contributed by atoms with Crippen molar-refractivity contribution in [1.29, 1.82) is 0 Å². The molecule has 1 aromatic heterocycles. The average Bonchev–Trinajstić information content (AvgIpc) is 2.64. The SMILES string of the molecule is CCCC1CCCC(NCc2csc(C)n2)CC1. The van der Waals surface area contributed by atoms with Crippen LogP contribution in [0, 0.1) is 12.8 Å². The minimum atomic E-state index is 0.717. The molecule has 2 nitrogen and oxygen atoms in total. The summed E-state index contributed by atoms with van der Waals surface area (Å²) in [5.74, 6) is 0.989. The summed E-state index contributed by atoms with van der Waals surface area (Å²) in [4.78, 5) is 4.52. The Morgan fingerprint density at radius 2 is 2.22 bits per heavy atom. The highest BCUT2D eigenvalue weighted by atomic mass is 32.1. The largest absolute Gasteiger partial charge is 0.308 e. The van der Waals surface area contributed by atoms with Crippen molar-refractivity contribution in [2.24, 2.45) is 5.92 Å². The predicted molar refractivity (Wildman–Crippen MR) is 79.0 cm³/mol. The number of thiazole rings is 1. The molecular weight excluding hydrogens is 240 g/mol. The molecule has 1 heterocycles. The minimum Gasteiger partial charge on any atom is -0.308 e. The third-order valence-electron chi connectivity index (χ3n) is 4.02. The summed E-state index contributed by atoms with van der Waals surface area (Å²) in [6.07, 6.45) is 9.75. The van der Waals surface area contributed by atoms with Crippen molar-refractivity contribution in [1.82, 2.24) is 10.3 Å². The molecular formula is C15H26N2S. The molecule has 0 aliphatic heterocycles. The van der Waals surface area contributed by atoms with E-state index in [0.29, 0.717) is 6.04 Å². The van der Waals surface area contributed by atoms with E-state index in [9.17, 15) is 0 Å². The van der Waals surface area contributed by atoms with Gasteiger partial charge in [0.1, 0.15) is 0 Å². The van der Waals surface area contributed by atoms with Gasteiger partial charge in [-0.15, -0.1) is 11.3 Å². The van der Waals surface area contributed by atoms with Gasteiger partial charge < -0.3 is 5.32 Å². The second-order valence-corrected chi connectivity index (χ2v) is 6.66. The van der Waals surface area contributed by atoms with Gasteiger partial charge in [0.15, 0.2) is 0 Å². The van der Waals surface area contributed by atoms with E-state index in [2.05, 4.69) is 29.5 Å². The van der Waals surface area contributed by atoms with Gasteiger partial charge in [0.2, 0.25) is 0 Å². The molecule has 2 unspecified atom stereocenters. The highest BCUT2D eigenvalue weighted by molar-refractivity contribution is 7.09. The van der Waals surface area contributed by atoms with E-state index in [1.807, 2.05) is 0 Å².